The predicted octanol–water partition coefficient (Wildman–Crippen LogP) is 8.40. The van der Waals surface area contributed by atoms with E-state index in [4.69, 9.17) is 0 Å². The molecule has 114 valence electrons. The highest BCUT2D eigenvalue weighted by atomic mass is 79.9. The van der Waals surface area contributed by atoms with Gasteiger partial charge in [0.2, 0.25) is 0 Å². The third-order valence-corrected chi connectivity index (χ3v) is 7.72. The van der Waals surface area contributed by atoms with Crippen LogP contribution in [0.3, 0.4) is 0 Å². The van der Waals surface area contributed by atoms with E-state index in [9.17, 15) is 0 Å². The topological polar surface area (TPSA) is 0 Å². The molecule has 0 spiro atoms. The molecule has 0 N–H and O–H groups in total. The van der Waals surface area contributed by atoms with Crippen LogP contribution >= 0.6 is 65.9 Å². The van der Waals surface area contributed by atoms with E-state index < -0.39 is 0 Å². The first-order valence-corrected chi connectivity index (χ1v) is 11.0. The fraction of sp³-hybridized carbons (Fsp3) is 0. The molecule has 0 aliphatic rings. The lowest BCUT2D eigenvalue weighted by Crippen LogP contribution is -1.81. The predicted molar refractivity (Wildman–Crippen MR) is 112 cm³/mol. The van der Waals surface area contributed by atoms with E-state index in [0.717, 1.165) is 7.57 Å². The lowest BCUT2D eigenvalue weighted by atomic mass is 10.0. The van der Waals surface area contributed by atoms with Gasteiger partial charge >= 0.3 is 0 Å². The van der Waals surface area contributed by atoms with Gasteiger partial charge in [-0.25, -0.2) is 0 Å². The van der Waals surface area contributed by atoms with Crippen LogP contribution in [0.2, 0.25) is 0 Å². The lowest BCUT2D eigenvalue weighted by Gasteiger charge is -2.07. The molecule has 1 aromatic carbocycles. The van der Waals surface area contributed by atoms with E-state index in [1.165, 1.54) is 31.3 Å². The van der Waals surface area contributed by atoms with E-state index in [2.05, 4.69) is 91.8 Å². The maximum atomic E-state index is 3.57. The smallest absolute Gasteiger partial charge is 0.0705 e. The highest BCUT2D eigenvalue weighted by Gasteiger charge is 2.10. The molecule has 0 unspecified atom stereocenters. The van der Waals surface area contributed by atoms with Gasteiger partial charge in [0.1, 0.15) is 0 Å². The second-order valence-corrected chi connectivity index (χ2v) is 10.9. The zero-order chi connectivity index (χ0) is 15.8. The summed E-state index contributed by atoms with van der Waals surface area (Å²) in [7, 11) is 0. The second-order valence-electron chi connectivity index (χ2n) is 4.98. The molecule has 4 rings (SSSR count). The molecule has 23 heavy (non-hydrogen) atoms. The molecule has 0 nitrogen and oxygen atoms in total. The summed E-state index contributed by atoms with van der Waals surface area (Å²) in [5, 5.41) is 2.13. The van der Waals surface area contributed by atoms with Gasteiger partial charge in [0.15, 0.2) is 0 Å². The fourth-order valence-corrected chi connectivity index (χ4v) is 5.90. The average Bonchev–Trinajstić information content (AvgIpc) is 3.28. The summed E-state index contributed by atoms with van der Waals surface area (Å²) in [6.45, 7) is 0. The minimum Gasteiger partial charge on any atom is -0.144 e. The van der Waals surface area contributed by atoms with Gasteiger partial charge in [0, 0.05) is 14.6 Å². The molecule has 4 aromatic rings. The van der Waals surface area contributed by atoms with Crippen LogP contribution in [0.15, 0.2) is 67.6 Å². The molecule has 0 fully saturated rings. The van der Waals surface area contributed by atoms with Gasteiger partial charge in [-0.15, -0.1) is 34.0 Å². The van der Waals surface area contributed by atoms with Crippen molar-refractivity contribution in [1.29, 1.82) is 0 Å². The van der Waals surface area contributed by atoms with Crippen molar-refractivity contribution in [2.45, 2.75) is 0 Å². The fourth-order valence-electron chi connectivity index (χ4n) is 2.44. The van der Waals surface area contributed by atoms with Crippen molar-refractivity contribution in [3.8, 4) is 31.3 Å². The molecule has 5 heteroatoms. The Balaban J connectivity index is 1.90. The van der Waals surface area contributed by atoms with Crippen LogP contribution in [0.1, 0.15) is 0 Å². The molecule has 3 aromatic heterocycles. The normalized spacial score (nSPS) is 11.0. The van der Waals surface area contributed by atoms with Crippen LogP contribution in [-0.2, 0) is 0 Å². The van der Waals surface area contributed by atoms with Crippen LogP contribution in [0.4, 0.5) is 0 Å². The quantitative estimate of drug-likeness (QED) is 0.275. The Morgan fingerprint density at radius 1 is 0.609 bits per heavy atom. The molecular formula is C18H10Br2S3. The molecule has 0 atom stereocenters. The first-order valence-electron chi connectivity index (χ1n) is 6.89. The summed E-state index contributed by atoms with van der Waals surface area (Å²) >= 11 is 12.5. The zero-order valence-electron chi connectivity index (χ0n) is 11.8. The molecule has 0 radical (unpaired) electrons. The third kappa shape index (κ3) is 3.39. The lowest BCUT2D eigenvalue weighted by molar-refractivity contribution is 1.67. The van der Waals surface area contributed by atoms with Crippen LogP contribution in [0.25, 0.3) is 31.3 Å². The van der Waals surface area contributed by atoms with Crippen molar-refractivity contribution < 1.29 is 0 Å². The molecule has 3 heterocycles. The third-order valence-electron chi connectivity index (χ3n) is 3.45. The summed E-state index contributed by atoms with van der Waals surface area (Å²) < 4.78 is 2.32. The van der Waals surface area contributed by atoms with Gasteiger partial charge < -0.3 is 0 Å². The number of hydrogen-bond donors (Lipinski definition) is 0. The number of benzene rings is 1. The van der Waals surface area contributed by atoms with Gasteiger partial charge in [0.25, 0.3) is 0 Å². The maximum absolute atomic E-state index is 3.57. The van der Waals surface area contributed by atoms with Gasteiger partial charge in [-0.2, -0.15) is 0 Å². The Bertz CT molecular complexity index is 890. The summed E-state index contributed by atoms with van der Waals surface area (Å²) in [4.78, 5) is 3.87. The minimum absolute atomic E-state index is 1.16. The highest BCUT2D eigenvalue weighted by Crippen LogP contribution is 2.40. The van der Waals surface area contributed by atoms with E-state index in [-0.39, 0.29) is 0 Å². The Hall–Kier alpha value is -0.720. The monoisotopic (exact) mass is 480 g/mol. The van der Waals surface area contributed by atoms with Gasteiger partial charge in [-0.1, -0.05) is 6.07 Å². The minimum atomic E-state index is 1.16. The molecule has 0 bridgehead atoms. The Labute approximate surface area is 163 Å². The standard InChI is InChI=1S/C18H10Br2S3/c19-17-5-3-15(22-17)12-8-11(14-2-1-7-21-14)9-13(10-12)16-4-6-18(20)23-16/h1-10H. The van der Waals surface area contributed by atoms with E-state index >= 15 is 0 Å². The molecule has 0 saturated carbocycles. The largest absolute Gasteiger partial charge is 0.144 e. The van der Waals surface area contributed by atoms with Gasteiger partial charge in [0.05, 0.1) is 7.57 Å². The first kappa shape index (κ1) is 15.8. The number of thiophene rings is 3. The molecule has 0 amide bonds. The molecule has 0 saturated heterocycles. The molecule has 0 aliphatic carbocycles. The average molecular weight is 482 g/mol. The Morgan fingerprint density at radius 3 is 1.52 bits per heavy atom. The molecular weight excluding hydrogens is 472 g/mol. The number of rotatable bonds is 3. The van der Waals surface area contributed by atoms with Crippen LogP contribution < -0.4 is 0 Å². The Morgan fingerprint density at radius 2 is 1.13 bits per heavy atom. The summed E-state index contributed by atoms with van der Waals surface area (Å²) in [5.74, 6) is 0. The van der Waals surface area contributed by atoms with Crippen LogP contribution in [-0.4, -0.2) is 0 Å². The second kappa shape index (κ2) is 6.65. The highest BCUT2D eigenvalue weighted by molar-refractivity contribution is 9.11. The summed E-state index contributed by atoms with van der Waals surface area (Å²) in [5.41, 5.74) is 3.82. The zero-order valence-corrected chi connectivity index (χ0v) is 17.4. The van der Waals surface area contributed by atoms with Crippen LogP contribution in [0.5, 0.6) is 0 Å². The van der Waals surface area contributed by atoms with Crippen molar-refractivity contribution in [3.63, 3.8) is 0 Å². The van der Waals surface area contributed by atoms with Gasteiger partial charge in [-0.3, -0.25) is 0 Å². The number of hydrogen-bond acceptors (Lipinski definition) is 3. The van der Waals surface area contributed by atoms with Crippen molar-refractivity contribution in [2.24, 2.45) is 0 Å². The van der Waals surface area contributed by atoms with E-state index in [0.29, 0.717) is 0 Å². The summed E-state index contributed by atoms with van der Waals surface area (Å²) in [6.07, 6.45) is 0. The van der Waals surface area contributed by atoms with Crippen molar-refractivity contribution in [1.82, 2.24) is 0 Å². The van der Waals surface area contributed by atoms with Crippen molar-refractivity contribution in [3.05, 3.63) is 67.6 Å². The molecule has 0 aliphatic heterocycles. The summed E-state index contributed by atoms with van der Waals surface area (Å²) in [6, 6.07) is 19.7. The van der Waals surface area contributed by atoms with Crippen LogP contribution in [0, 0.1) is 0 Å². The SMILES string of the molecule is Brc1ccc(-c2cc(-c3cccs3)cc(-c3ccc(Br)s3)c2)s1. The Kier molecular flexibility index (Phi) is 4.56. The first-order chi connectivity index (χ1) is 11.2. The van der Waals surface area contributed by atoms with E-state index in [1.807, 2.05) is 0 Å². The van der Waals surface area contributed by atoms with E-state index in [1.54, 1.807) is 34.0 Å². The van der Waals surface area contributed by atoms with Crippen molar-refractivity contribution >= 4 is 65.9 Å². The van der Waals surface area contributed by atoms with Gasteiger partial charge in [-0.05, 0) is 102 Å². The number of halogens is 2. The van der Waals surface area contributed by atoms with Crippen molar-refractivity contribution in [2.75, 3.05) is 0 Å². The maximum Gasteiger partial charge on any atom is 0.0705 e.